The van der Waals surface area contributed by atoms with E-state index in [0.29, 0.717) is 13.0 Å². The van der Waals surface area contributed by atoms with Crippen molar-refractivity contribution in [3.05, 3.63) is 51.2 Å². The van der Waals surface area contributed by atoms with Crippen LogP contribution >= 0.6 is 15.9 Å². The molecule has 11 heteroatoms. The Labute approximate surface area is 173 Å². The summed E-state index contributed by atoms with van der Waals surface area (Å²) < 4.78 is 26.0. The quantitative estimate of drug-likeness (QED) is 0.518. The SMILES string of the molecule is [C-]#[N+][C@H]1CCOCC1n1cc(C(N)=O)c(Nc2cc(F)c(C(=O)OC)c(Br)c2)n1. The number of methoxy groups -OCH3 is 1. The highest BCUT2D eigenvalue weighted by molar-refractivity contribution is 9.10. The van der Waals surface area contributed by atoms with Crippen LogP contribution in [-0.2, 0) is 9.47 Å². The van der Waals surface area contributed by atoms with E-state index in [-0.39, 0.29) is 45.8 Å². The number of nitrogens with two attached hydrogens (primary N) is 1. The molecule has 1 aliphatic heterocycles. The van der Waals surface area contributed by atoms with E-state index in [2.05, 4.69) is 35.9 Å². The molecule has 1 amide bonds. The molecule has 1 unspecified atom stereocenters. The first-order chi connectivity index (χ1) is 13.8. The van der Waals surface area contributed by atoms with E-state index in [4.69, 9.17) is 17.0 Å². The maximum absolute atomic E-state index is 14.4. The Bertz CT molecular complexity index is 980. The summed E-state index contributed by atoms with van der Waals surface area (Å²) in [6, 6.07) is 1.81. The predicted octanol–water partition coefficient (Wildman–Crippen LogP) is 2.66. The zero-order chi connectivity index (χ0) is 21.1. The molecule has 1 fully saturated rings. The van der Waals surface area contributed by atoms with Crippen LogP contribution < -0.4 is 11.1 Å². The number of carbonyl (C=O) groups is 2. The first-order valence-corrected chi connectivity index (χ1v) is 9.32. The van der Waals surface area contributed by atoms with Gasteiger partial charge in [0.05, 0.1) is 20.3 Å². The largest absolute Gasteiger partial charge is 0.465 e. The molecule has 0 saturated carbocycles. The van der Waals surface area contributed by atoms with Gasteiger partial charge in [0.1, 0.15) is 23.0 Å². The molecule has 0 aliphatic carbocycles. The van der Waals surface area contributed by atoms with Gasteiger partial charge in [0.2, 0.25) is 6.04 Å². The molecule has 2 heterocycles. The van der Waals surface area contributed by atoms with E-state index in [0.717, 1.165) is 13.2 Å². The van der Waals surface area contributed by atoms with Crippen LogP contribution in [0.2, 0.25) is 0 Å². The lowest BCUT2D eigenvalue weighted by Crippen LogP contribution is -2.32. The molecule has 3 rings (SSSR count). The molecule has 3 N–H and O–H groups in total. The van der Waals surface area contributed by atoms with Crippen LogP contribution in [0.3, 0.4) is 0 Å². The number of hydrogen-bond acceptors (Lipinski definition) is 6. The predicted molar refractivity (Wildman–Crippen MR) is 104 cm³/mol. The first-order valence-electron chi connectivity index (χ1n) is 8.53. The lowest BCUT2D eigenvalue weighted by atomic mass is 10.1. The number of aromatic nitrogens is 2. The zero-order valence-corrected chi connectivity index (χ0v) is 16.9. The van der Waals surface area contributed by atoms with Crippen molar-refractivity contribution in [2.75, 3.05) is 25.6 Å². The number of hydrogen-bond donors (Lipinski definition) is 2. The molecule has 1 aliphatic rings. The van der Waals surface area contributed by atoms with Gasteiger partial charge in [-0.25, -0.2) is 15.8 Å². The normalized spacial score (nSPS) is 18.7. The molecule has 0 bridgehead atoms. The maximum Gasteiger partial charge on any atom is 0.342 e. The van der Waals surface area contributed by atoms with Crippen molar-refractivity contribution in [1.29, 1.82) is 0 Å². The number of rotatable bonds is 5. The molecular formula is C18H17BrFN5O4. The molecule has 1 aromatic heterocycles. The highest BCUT2D eigenvalue weighted by Crippen LogP contribution is 2.30. The number of carbonyl (C=O) groups excluding carboxylic acids is 2. The van der Waals surface area contributed by atoms with E-state index in [1.165, 1.54) is 16.9 Å². The number of esters is 1. The monoisotopic (exact) mass is 465 g/mol. The minimum Gasteiger partial charge on any atom is -0.465 e. The van der Waals surface area contributed by atoms with E-state index in [9.17, 15) is 14.0 Å². The molecule has 152 valence electrons. The van der Waals surface area contributed by atoms with Gasteiger partial charge >= 0.3 is 5.97 Å². The molecule has 9 nitrogen and oxygen atoms in total. The summed E-state index contributed by atoms with van der Waals surface area (Å²) in [7, 11) is 1.15. The Kier molecular flexibility index (Phi) is 6.14. The molecular weight excluding hydrogens is 449 g/mol. The van der Waals surface area contributed by atoms with Crippen molar-refractivity contribution >= 4 is 39.3 Å². The molecule has 1 aromatic carbocycles. The second-order valence-electron chi connectivity index (χ2n) is 6.29. The van der Waals surface area contributed by atoms with Gasteiger partial charge in [0.25, 0.3) is 5.91 Å². The minimum absolute atomic E-state index is 0.0767. The van der Waals surface area contributed by atoms with Gasteiger partial charge in [0.15, 0.2) is 5.82 Å². The number of anilines is 2. The molecule has 2 atom stereocenters. The van der Waals surface area contributed by atoms with Crippen LogP contribution in [0.15, 0.2) is 22.8 Å². The van der Waals surface area contributed by atoms with Crippen LogP contribution in [0, 0.1) is 12.4 Å². The van der Waals surface area contributed by atoms with E-state index < -0.39 is 17.7 Å². The summed E-state index contributed by atoms with van der Waals surface area (Å²) in [4.78, 5) is 27.2. The van der Waals surface area contributed by atoms with Gasteiger partial charge in [-0.1, -0.05) is 0 Å². The van der Waals surface area contributed by atoms with Crippen molar-refractivity contribution in [2.45, 2.75) is 18.5 Å². The summed E-state index contributed by atoms with van der Waals surface area (Å²) in [5.74, 6) is -2.28. The highest BCUT2D eigenvalue weighted by atomic mass is 79.9. The third-order valence-electron chi connectivity index (χ3n) is 4.49. The van der Waals surface area contributed by atoms with Gasteiger partial charge in [-0.2, -0.15) is 5.10 Å². The third-order valence-corrected chi connectivity index (χ3v) is 5.11. The first kappa shape index (κ1) is 20.8. The Morgan fingerprint density at radius 3 is 2.90 bits per heavy atom. The lowest BCUT2D eigenvalue weighted by molar-refractivity contribution is 0.0506. The van der Waals surface area contributed by atoms with Crippen LogP contribution in [-0.4, -0.2) is 48.0 Å². The lowest BCUT2D eigenvalue weighted by Gasteiger charge is -2.23. The molecule has 0 spiro atoms. The molecule has 2 aromatic rings. The summed E-state index contributed by atoms with van der Waals surface area (Å²) in [6.45, 7) is 8.12. The number of nitrogens with zero attached hydrogens (tertiary/aromatic N) is 3. The molecule has 1 saturated heterocycles. The fourth-order valence-corrected chi connectivity index (χ4v) is 3.63. The maximum atomic E-state index is 14.4. The van der Waals surface area contributed by atoms with Crippen LogP contribution in [0.1, 0.15) is 33.2 Å². The van der Waals surface area contributed by atoms with Gasteiger partial charge in [-0.3, -0.25) is 9.48 Å². The second kappa shape index (κ2) is 8.59. The number of ether oxygens (including phenoxy) is 2. The Morgan fingerprint density at radius 2 is 2.28 bits per heavy atom. The minimum atomic E-state index is -0.828. The van der Waals surface area contributed by atoms with Crippen molar-refractivity contribution in [3.63, 3.8) is 0 Å². The van der Waals surface area contributed by atoms with Gasteiger partial charge in [-0.05, 0) is 28.1 Å². The number of amides is 1. The van der Waals surface area contributed by atoms with Crippen LogP contribution in [0.25, 0.3) is 4.85 Å². The highest BCUT2D eigenvalue weighted by Gasteiger charge is 2.34. The summed E-state index contributed by atoms with van der Waals surface area (Å²) >= 11 is 3.14. The Balaban J connectivity index is 1.95. The van der Waals surface area contributed by atoms with Gasteiger partial charge in [-0.15, -0.1) is 0 Å². The van der Waals surface area contributed by atoms with Gasteiger partial charge in [0, 0.05) is 22.8 Å². The zero-order valence-electron chi connectivity index (χ0n) is 15.3. The number of nitrogens with one attached hydrogen (secondary N) is 1. The molecule has 0 radical (unpaired) electrons. The van der Waals surface area contributed by atoms with Crippen molar-refractivity contribution in [2.24, 2.45) is 5.73 Å². The van der Waals surface area contributed by atoms with E-state index >= 15 is 0 Å². The second-order valence-corrected chi connectivity index (χ2v) is 7.15. The van der Waals surface area contributed by atoms with Crippen molar-refractivity contribution < 1.29 is 23.5 Å². The van der Waals surface area contributed by atoms with Crippen molar-refractivity contribution in [1.82, 2.24) is 9.78 Å². The van der Waals surface area contributed by atoms with Crippen molar-refractivity contribution in [3.8, 4) is 0 Å². The number of benzene rings is 1. The smallest absolute Gasteiger partial charge is 0.342 e. The fourth-order valence-electron chi connectivity index (χ4n) is 3.03. The van der Waals surface area contributed by atoms with Gasteiger partial charge < -0.3 is 25.4 Å². The topological polar surface area (TPSA) is 113 Å². The average molecular weight is 466 g/mol. The fraction of sp³-hybridized carbons (Fsp3) is 0.333. The standard InChI is InChI=1S/C18H17BrFN5O4/c1-22-13-3-4-29-8-14(13)25-7-10(16(21)26)17(24-25)23-9-5-11(19)15(12(20)6-9)18(27)28-2/h5-7,13-14H,3-4,8H2,2H3,(H2,21,26)(H,23,24)/t13-,14?/m0/s1. The summed E-state index contributed by atoms with van der Waals surface area (Å²) in [5, 5.41) is 7.17. The summed E-state index contributed by atoms with van der Waals surface area (Å²) in [6.07, 6.45) is 1.99. The molecule has 29 heavy (non-hydrogen) atoms. The van der Waals surface area contributed by atoms with Crippen LogP contribution in [0.4, 0.5) is 15.9 Å². The van der Waals surface area contributed by atoms with E-state index in [1.54, 1.807) is 0 Å². The third kappa shape index (κ3) is 4.23. The number of halogens is 2. The average Bonchev–Trinajstić information content (AvgIpc) is 3.11. The van der Waals surface area contributed by atoms with E-state index in [1.807, 2.05) is 0 Å². The number of primary amides is 1. The van der Waals surface area contributed by atoms with Crippen LogP contribution in [0.5, 0.6) is 0 Å². The Hall–Kier alpha value is -2.97. The summed E-state index contributed by atoms with van der Waals surface area (Å²) in [5.41, 5.74) is 5.51. The Morgan fingerprint density at radius 1 is 1.52 bits per heavy atom.